The zero-order valence-corrected chi connectivity index (χ0v) is 34.9. The van der Waals surface area contributed by atoms with Crippen molar-refractivity contribution in [2.24, 2.45) is 0 Å². The molecule has 2 heteroatoms. The van der Waals surface area contributed by atoms with Crippen molar-refractivity contribution in [3.05, 3.63) is 12.2 Å². The molecule has 0 aliphatic heterocycles. The molecule has 2 nitrogen and oxygen atoms in total. The van der Waals surface area contributed by atoms with Crippen molar-refractivity contribution in [3.8, 4) is 0 Å². The van der Waals surface area contributed by atoms with Gasteiger partial charge in [0, 0.05) is 6.42 Å². The molecule has 50 heavy (non-hydrogen) atoms. The molecule has 0 aromatic heterocycles. The summed E-state index contributed by atoms with van der Waals surface area (Å²) < 4.78 is 5.48. The average molecular weight is 703 g/mol. The number of ether oxygens (including phenoxy) is 1. The van der Waals surface area contributed by atoms with Gasteiger partial charge < -0.3 is 4.74 Å². The second kappa shape index (κ2) is 46.2. The highest BCUT2D eigenvalue weighted by molar-refractivity contribution is 5.69. The Morgan fingerprint density at radius 1 is 0.320 bits per heavy atom. The Hall–Kier alpha value is -0.790. The lowest BCUT2D eigenvalue weighted by Crippen LogP contribution is -2.05. The van der Waals surface area contributed by atoms with Crippen LogP contribution in [0.25, 0.3) is 0 Å². The first-order valence-electron chi connectivity index (χ1n) is 23.6. The zero-order chi connectivity index (χ0) is 36.1. The third-order valence-electron chi connectivity index (χ3n) is 10.9. The molecule has 0 saturated carbocycles. The van der Waals surface area contributed by atoms with E-state index in [9.17, 15) is 4.79 Å². The minimum absolute atomic E-state index is 0.0274. The maximum Gasteiger partial charge on any atom is 0.305 e. The summed E-state index contributed by atoms with van der Waals surface area (Å²) in [6, 6.07) is 0. The number of hydrogen-bond acceptors (Lipinski definition) is 2. The van der Waals surface area contributed by atoms with Crippen LogP contribution in [0.3, 0.4) is 0 Å². The van der Waals surface area contributed by atoms with Gasteiger partial charge in [0.1, 0.15) is 0 Å². The summed E-state index contributed by atoms with van der Waals surface area (Å²) in [7, 11) is 0. The fraction of sp³-hybridized carbons (Fsp3) is 0.938. The van der Waals surface area contributed by atoms with Crippen molar-refractivity contribution in [1.29, 1.82) is 0 Å². The normalized spacial score (nSPS) is 11.6. The molecule has 0 bridgehead atoms. The first kappa shape index (κ1) is 49.2. The largest absolute Gasteiger partial charge is 0.466 e. The van der Waals surface area contributed by atoms with Gasteiger partial charge in [-0.2, -0.15) is 0 Å². The van der Waals surface area contributed by atoms with E-state index in [4.69, 9.17) is 4.74 Å². The zero-order valence-electron chi connectivity index (χ0n) is 34.9. The summed E-state index contributed by atoms with van der Waals surface area (Å²) >= 11 is 0. The Labute approximate surface area is 316 Å². The second-order valence-corrected chi connectivity index (χ2v) is 16.1. The van der Waals surface area contributed by atoms with Gasteiger partial charge in [0.05, 0.1) is 6.61 Å². The molecule has 0 saturated heterocycles. The quantitative estimate of drug-likeness (QED) is 0.0359. The van der Waals surface area contributed by atoms with Crippen LogP contribution in [0.4, 0.5) is 0 Å². The summed E-state index contributed by atoms with van der Waals surface area (Å²) in [5, 5.41) is 0. The average Bonchev–Trinajstić information content (AvgIpc) is 3.12. The van der Waals surface area contributed by atoms with Gasteiger partial charge in [-0.15, -0.1) is 0 Å². The molecule has 0 atom stereocenters. The van der Waals surface area contributed by atoms with Crippen LogP contribution in [0.2, 0.25) is 0 Å². The SMILES string of the molecule is CCCCCCC=CCCCCCCCCCCCC(=O)OCCCCCCCCCCCCCCCCCCCCCCCCCCCC. The summed E-state index contributed by atoms with van der Waals surface area (Å²) in [6.45, 7) is 5.21. The summed E-state index contributed by atoms with van der Waals surface area (Å²) in [5.74, 6) is 0.0274. The summed E-state index contributed by atoms with van der Waals surface area (Å²) in [5.41, 5.74) is 0. The molecule has 0 N–H and O–H groups in total. The van der Waals surface area contributed by atoms with Crippen molar-refractivity contribution in [1.82, 2.24) is 0 Å². The highest BCUT2D eigenvalue weighted by atomic mass is 16.5. The van der Waals surface area contributed by atoms with Crippen molar-refractivity contribution in [3.63, 3.8) is 0 Å². The third-order valence-corrected chi connectivity index (χ3v) is 10.9. The van der Waals surface area contributed by atoms with Crippen LogP contribution in [-0.2, 0) is 9.53 Å². The maximum atomic E-state index is 12.0. The maximum absolute atomic E-state index is 12.0. The standard InChI is InChI=1S/C48H94O2/c1-3-5-7-9-11-13-15-17-19-21-22-23-24-25-26-27-28-29-31-33-35-37-39-41-43-45-47-50-48(49)46-44-42-40-38-36-34-32-30-20-18-16-14-12-10-8-6-4-2/h14,16H,3-13,15,17-47H2,1-2H3. The van der Waals surface area contributed by atoms with Gasteiger partial charge in [-0.25, -0.2) is 0 Å². The molecule has 0 fully saturated rings. The van der Waals surface area contributed by atoms with E-state index in [1.807, 2.05) is 0 Å². The Balaban J connectivity index is 3.15. The van der Waals surface area contributed by atoms with E-state index in [-0.39, 0.29) is 5.97 Å². The van der Waals surface area contributed by atoms with Crippen LogP contribution in [0.1, 0.15) is 284 Å². The van der Waals surface area contributed by atoms with Crippen LogP contribution in [-0.4, -0.2) is 12.6 Å². The Morgan fingerprint density at radius 3 is 0.880 bits per heavy atom. The molecular weight excluding hydrogens is 609 g/mol. The van der Waals surface area contributed by atoms with Crippen LogP contribution >= 0.6 is 0 Å². The summed E-state index contributed by atoms with van der Waals surface area (Å²) in [6.07, 6.45) is 61.9. The fourth-order valence-corrected chi connectivity index (χ4v) is 7.37. The number of carbonyl (C=O) groups is 1. The van der Waals surface area contributed by atoms with Crippen LogP contribution in [0.5, 0.6) is 0 Å². The van der Waals surface area contributed by atoms with Crippen molar-refractivity contribution < 1.29 is 9.53 Å². The van der Waals surface area contributed by atoms with Gasteiger partial charge in [-0.1, -0.05) is 251 Å². The molecule has 0 heterocycles. The van der Waals surface area contributed by atoms with Crippen LogP contribution in [0.15, 0.2) is 12.2 Å². The minimum Gasteiger partial charge on any atom is -0.466 e. The summed E-state index contributed by atoms with van der Waals surface area (Å²) in [4.78, 5) is 12.0. The molecule has 0 unspecified atom stereocenters. The van der Waals surface area contributed by atoms with Gasteiger partial charge in [0.15, 0.2) is 0 Å². The molecule has 0 rings (SSSR count). The monoisotopic (exact) mass is 703 g/mol. The van der Waals surface area contributed by atoms with Crippen LogP contribution < -0.4 is 0 Å². The molecule has 0 aliphatic carbocycles. The van der Waals surface area contributed by atoms with E-state index in [0.717, 1.165) is 12.8 Å². The molecule has 0 radical (unpaired) electrons. The molecule has 0 amide bonds. The molecule has 0 aromatic carbocycles. The van der Waals surface area contributed by atoms with E-state index >= 15 is 0 Å². The Bertz CT molecular complexity index is 640. The Kier molecular flexibility index (Phi) is 45.5. The minimum atomic E-state index is 0.0274. The topological polar surface area (TPSA) is 26.3 Å². The highest BCUT2D eigenvalue weighted by Gasteiger charge is 2.03. The lowest BCUT2D eigenvalue weighted by Gasteiger charge is -2.06. The first-order chi connectivity index (χ1) is 24.8. The Morgan fingerprint density at radius 2 is 0.560 bits per heavy atom. The van der Waals surface area contributed by atoms with E-state index in [1.165, 1.54) is 250 Å². The number of unbranched alkanes of at least 4 members (excludes halogenated alkanes) is 38. The molecule has 298 valence electrons. The lowest BCUT2D eigenvalue weighted by molar-refractivity contribution is -0.143. The number of rotatable bonds is 44. The fourth-order valence-electron chi connectivity index (χ4n) is 7.37. The van der Waals surface area contributed by atoms with Gasteiger partial charge >= 0.3 is 5.97 Å². The smallest absolute Gasteiger partial charge is 0.305 e. The number of allylic oxidation sites excluding steroid dienone is 2. The predicted molar refractivity (Wildman–Crippen MR) is 225 cm³/mol. The third kappa shape index (κ3) is 45.2. The molecule has 0 spiro atoms. The highest BCUT2D eigenvalue weighted by Crippen LogP contribution is 2.17. The first-order valence-corrected chi connectivity index (χ1v) is 23.6. The van der Waals surface area contributed by atoms with Gasteiger partial charge in [-0.05, 0) is 38.5 Å². The van der Waals surface area contributed by atoms with E-state index in [0.29, 0.717) is 13.0 Å². The number of hydrogen-bond donors (Lipinski definition) is 0. The molecule has 0 aromatic rings. The van der Waals surface area contributed by atoms with E-state index in [2.05, 4.69) is 26.0 Å². The van der Waals surface area contributed by atoms with Gasteiger partial charge in [0.25, 0.3) is 0 Å². The second-order valence-electron chi connectivity index (χ2n) is 16.1. The van der Waals surface area contributed by atoms with Gasteiger partial charge in [0.2, 0.25) is 0 Å². The van der Waals surface area contributed by atoms with Crippen molar-refractivity contribution >= 4 is 5.97 Å². The lowest BCUT2D eigenvalue weighted by atomic mass is 10.0. The van der Waals surface area contributed by atoms with Crippen LogP contribution in [0, 0.1) is 0 Å². The van der Waals surface area contributed by atoms with E-state index in [1.54, 1.807) is 0 Å². The van der Waals surface area contributed by atoms with Crippen molar-refractivity contribution in [2.75, 3.05) is 6.61 Å². The van der Waals surface area contributed by atoms with Gasteiger partial charge in [-0.3, -0.25) is 4.79 Å². The predicted octanol–water partition coefficient (Wildman–Crippen LogP) is 17.5. The van der Waals surface area contributed by atoms with E-state index < -0.39 is 0 Å². The van der Waals surface area contributed by atoms with Crippen molar-refractivity contribution in [2.45, 2.75) is 284 Å². The number of carbonyl (C=O) groups excluding carboxylic acids is 1. The molecule has 0 aliphatic rings. The number of esters is 1. The molecular formula is C48H94O2.